The SMILES string of the molecule is Cc1cccc(OP2(=O)SCc3cc(C)c(C)cc3CS2)c1. The van der Waals surface area contributed by atoms with Gasteiger partial charge in [-0.2, -0.15) is 0 Å². The van der Waals surface area contributed by atoms with Gasteiger partial charge in [-0.05, 0) is 83.5 Å². The van der Waals surface area contributed by atoms with Gasteiger partial charge < -0.3 is 4.52 Å². The maximum Gasteiger partial charge on any atom is 0.360 e. The Hall–Kier alpha value is -0.830. The summed E-state index contributed by atoms with van der Waals surface area (Å²) in [5.74, 6) is -0.597. The van der Waals surface area contributed by atoms with Crippen molar-refractivity contribution in [1.29, 1.82) is 0 Å². The summed E-state index contributed by atoms with van der Waals surface area (Å²) in [6.07, 6.45) is 0. The van der Waals surface area contributed by atoms with Crippen LogP contribution in [0, 0.1) is 20.8 Å². The first-order valence-electron chi connectivity index (χ1n) is 7.19. The zero-order valence-electron chi connectivity index (χ0n) is 13.0. The van der Waals surface area contributed by atoms with Gasteiger partial charge in [0.15, 0.2) is 0 Å². The lowest BCUT2D eigenvalue weighted by molar-refractivity contribution is 0.515. The van der Waals surface area contributed by atoms with E-state index in [0.717, 1.165) is 17.1 Å². The molecule has 0 unspecified atom stereocenters. The minimum Gasteiger partial charge on any atom is -0.429 e. The molecule has 0 fully saturated rings. The first-order chi connectivity index (χ1) is 10.5. The summed E-state index contributed by atoms with van der Waals surface area (Å²) in [5, 5.41) is 0. The highest BCUT2D eigenvalue weighted by molar-refractivity contribution is 8.89. The number of hydrogen-bond donors (Lipinski definition) is 0. The van der Waals surface area contributed by atoms with Gasteiger partial charge in [-0.15, -0.1) is 0 Å². The highest BCUT2D eigenvalue weighted by atomic mass is 33.1. The average Bonchev–Trinajstić information content (AvgIpc) is 2.61. The smallest absolute Gasteiger partial charge is 0.360 e. The van der Waals surface area contributed by atoms with Gasteiger partial charge in [-0.25, -0.2) is 0 Å². The Morgan fingerprint density at radius 3 is 2.09 bits per heavy atom. The van der Waals surface area contributed by atoms with Gasteiger partial charge >= 0.3 is 5.77 Å². The minimum absolute atomic E-state index is 0.696. The van der Waals surface area contributed by atoms with Gasteiger partial charge in [-0.3, -0.25) is 4.57 Å². The van der Waals surface area contributed by atoms with Crippen molar-refractivity contribution in [3.8, 4) is 5.75 Å². The van der Waals surface area contributed by atoms with Crippen molar-refractivity contribution >= 4 is 28.5 Å². The Morgan fingerprint density at radius 1 is 0.955 bits per heavy atom. The standard InChI is InChI=1S/C17H19O2PS2/c1-12-5-4-6-17(7-12)19-20(18)21-10-15-8-13(2)14(3)9-16(15)11-22-20/h4-9H,10-11H2,1-3H3. The van der Waals surface area contributed by atoms with Crippen molar-refractivity contribution in [2.24, 2.45) is 0 Å². The van der Waals surface area contributed by atoms with Crippen LogP contribution in [0.2, 0.25) is 0 Å². The number of fused-ring (bicyclic) bond motifs is 1. The van der Waals surface area contributed by atoms with E-state index in [-0.39, 0.29) is 0 Å². The molecule has 1 aliphatic heterocycles. The maximum atomic E-state index is 13.1. The van der Waals surface area contributed by atoms with E-state index in [9.17, 15) is 4.57 Å². The quantitative estimate of drug-likeness (QED) is 0.596. The molecule has 2 aromatic carbocycles. The van der Waals surface area contributed by atoms with Crippen LogP contribution < -0.4 is 4.52 Å². The normalized spacial score (nSPS) is 16.7. The third kappa shape index (κ3) is 3.56. The fraction of sp³-hybridized carbons (Fsp3) is 0.294. The lowest BCUT2D eigenvalue weighted by atomic mass is 10.0. The molecule has 0 amide bonds. The van der Waals surface area contributed by atoms with Crippen LogP contribution in [-0.2, 0) is 16.1 Å². The van der Waals surface area contributed by atoms with Crippen LogP contribution in [0.4, 0.5) is 0 Å². The van der Waals surface area contributed by atoms with E-state index in [1.54, 1.807) is 0 Å². The second-order valence-electron chi connectivity index (χ2n) is 5.61. The van der Waals surface area contributed by atoms with Crippen LogP contribution in [0.5, 0.6) is 5.75 Å². The van der Waals surface area contributed by atoms with E-state index in [4.69, 9.17) is 4.52 Å². The van der Waals surface area contributed by atoms with Crippen molar-refractivity contribution in [2.45, 2.75) is 32.3 Å². The fourth-order valence-corrected chi connectivity index (χ4v) is 8.54. The number of rotatable bonds is 2. The second-order valence-corrected chi connectivity index (χ2v) is 12.9. The molecule has 0 atom stereocenters. The molecule has 116 valence electrons. The van der Waals surface area contributed by atoms with Crippen molar-refractivity contribution in [2.75, 3.05) is 0 Å². The summed E-state index contributed by atoms with van der Waals surface area (Å²) in [7, 11) is 0. The largest absolute Gasteiger partial charge is 0.429 e. The molecule has 0 bridgehead atoms. The molecule has 0 saturated carbocycles. The van der Waals surface area contributed by atoms with E-state index in [0.29, 0.717) is 5.75 Å². The van der Waals surface area contributed by atoms with Gasteiger partial charge in [0.25, 0.3) is 0 Å². The van der Waals surface area contributed by atoms with Crippen LogP contribution in [0.25, 0.3) is 0 Å². The Labute approximate surface area is 140 Å². The zero-order valence-corrected chi connectivity index (χ0v) is 15.5. The molecule has 0 saturated heterocycles. The Bertz CT molecular complexity index is 721. The predicted molar refractivity (Wildman–Crippen MR) is 97.9 cm³/mol. The third-order valence-electron chi connectivity index (χ3n) is 3.78. The van der Waals surface area contributed by atoms with Gasteiger partial charge in [0, 0.05) is 11.5 Å². The summed E-state index contributed by atoms with van der Waals surface area (Å²) in [6, 6.07) is 12.2. The monoisotopic (exact) mass is 350 g/mol. The molecule has 2 nitrogen and oxygen atoms in total. The molecule has 1 heterocycles. The molecular formula is C17H19O2PS2. The van der Waals surface area contributed by atoms with Gasteiger partial charge in [0.2, 0.25) is 0 Å². The van der Waals surface area contributed by atoms with E-state index >= 15 is 0 Å². The van der Waals surface area contributed by atoms with Crippen LogP contribution in [0.15, 0.2) is 36.4 Å². The summed E-state index contributed by atoms with van der Waals surface area (Å²) in [6.45, 7) is 6.26. The molecule has 1 aliphatic rings. The Balaban J connectivity index is 1.82. The van der Waals surface area contributed by atoms with Crippen molar-refractivity contribution in [3.63, 3.8) is 0 Å². The van der Waals surface area contributed by atoms with E-state index in [2.05, 4.69) is 26.0 Å². The Kier molecular flexibility index (Phi) is 4.63. The summed E-state index contributed by atoms with van der Waals surface area (Å²) >= 11 is 2.88. The van der Waals surface area contributed by atoms with Gasteiger partial charge in [0.05, 0.1) is 0 Å². The van der Waals surface area contributed by atoms with E-state index < -0.39 is 5.77 Å². The minimum atomic E-state index is -2.78. The lowest BCUT2D eigenvalue weighted by Gasteiger charge is -2.15. The second kappa shape index (κ2) is 6.35. The molecule has 0 N–H and O–H groups in total. The van der Waals surface area contributed by atoms with E-state index in [1.807, 2.05) is 31.2 Å². The first-order valence-corrected chi connectivity index (χ1v) is 12.0. The lowest BCUT2D eigenvalue weighted by Crippen LogP contribution is -1.92. The van der Waals surface area contributed by atoms with Crippen molar-refractivity contribution < 1.29 is 9.09 Å². The molecular weight excluding hydrogens is 331 g/mol. The molecule has 0 radical (unpaired) electrons. The van der Waals surface area contributed by atoms with Crippen LogP contribution in [0.1, 0.15) is 27.8 Å². The molecule has 0 aliphatic carbocycles. The fourth-order valence-electron chi connectivity index (χ4n) is 2.39. The zero-order chi connectivity index (χ0) is 15.7. The highest BCUT2D eigenvalue weighted by Gasteiger charge is 2.30. The molecule has 0 aromatic heterocycles. The topological polar surface area (TPSA) is 26.3 Å². The summed E-state index contributed by atoms with van der Waals surface area (Å²) in [4.78, 5) is 0. The van der Waals surface area contributed by atoms with Crippen molar-refractivity contribution in [3.05, 3.63) is 64.2 Å². The first kappa shape index (κ1) is 16.0. The number of aryl methyl sites for hydroxylation is 3. The maximum absolute atomic E-state index is 13.1. The Morgan fingerprint density at radius 2 is 1.55 bits per heavy atom. The third-order valence-corrected chi connectivity index (χ3v) is 10.7. The molecule has 0 spiro atoms. The summed E-state index contributed by atoms with van der Waals surface area (Å²) in [5.41, 5.74) is 6.27. The van der Waals surface area contributed by atoms with Gasteiger partial charge in [-0.1, -0.05) is 24.3 Å². The van der Waals surface area contributed by atoms with Gasteiger partial charge in [0.1, 0.15) is 5.75 Å². The molecule has 5 heteroatoms. The highest BCUT2D eigenvalue weighted by Crippen LogP contribution is 2.72. The average molecular weight is 350 g/mol. The van der Waals surface area contributed by atoms with Crippen LogP contribution >= 0.6 is 28.5 Å². The number of benzene rings is 2. The molecule has 22 heavy (non-hydrogen) atoms. The van der Waals surface area contributed by atoms with E-state index in [1.165, 1.54) is 45.0 Å². The van der Waals surface area contributed by atoms with Crippen LogP contribution in [0.3, 0.4) is 0 Å². The number of hydrogen-bond acceptors (Lipinski definition) is 4. The van der Waals surface area contributed by atoms with Crippen molar-refractivity contribution in [1.82, 2.24) is 0 Å². The van der Waals surface area contributed by atoms with Crippen LogP contribution in [-0.4, -0.2) is 0 Å². The molecule has 2 aromatic rings. The molecule has 3 rings (SSSR count). The predicted octanol–water partition coefficient (Wildman–Crippen LogP) is 6.28. The summed E-state index contributed by atoms with van der Waals surface area (Å²) < 4.78 is 19.0.